The molecule has 0 amide bonds. The first-order chi connectivity index (χ1) is 16.7. The van der Waals surface area contributed by atoms with Gasteiger partial charge in [-0.3, -0.25) is 0 Å². The number of pyridine rings is 1. The van der Waals surface area contributed by atoms with Gasteiger partial charge in [-0.25, -0.2) is 13.4 Å². The number of sulfone groups is 1. The maximum Gasteiger partial charge on any atom is 0.414 e. The fraction of sp³-hybridized carbons (Fsp3) is 0.435. The lowest BCUT2D eigenvalue weighted by Gasteiger charge is -2.26. The maximum absolute atomic E-state index is 13.3. The van der Waals surface area contributed by atoms with Crippen molar-refractivity contribution in [1.82, 2.24) is 9.71 Å². The summed E-state index contributed by atoms with van der Waals surface area (Å²) < 4.78 is 112. The van der Waals surface area contributed by atoms with Crippen LogP contribution in [0.1, 0.15) is 37.8 Å². The van der Waals surface area contributed by atoms with Crippen molar-refractivity contribution in [2.24, 2.45) is 0 Å². The predicted octanol–water partition coefficient (Wildman–Crippen LogP) is 6.18. The van der Waals surface area contributed by atoms with Gasteiger partial charge in [-0.15, -0.1) is 0 Å². The van der Waals surface area contributed by atoms with Crippen LogP contribution in [-0.4, -0.2) is 47.0 Å². The lowest BCUT2D eigenvalue weighted by atomic mass is 9.96. The molecular weight excluding hydrogens is 514 g/mol. The molecule has 0 bridgehead atoms. The van der Waals surface area contributed by atoms with E-state index in [1.807, 2.05) is 0 Å². The third kappa shape index (κ3) is 4.84. The molecule has 1 saturated carbocycles. The highest BCUT2D eigenvalue weighted by Gasteiger charge is 2.64. The van der Waals surface area contributed by atoms with Crippen LogP contribution < -0.4 is 4.74 Å². The Kier molecular flexibility index (Phi) is 6.65. The van der Waals surface area contributed by atoms with Crippen LogP contribution in [0.25, 0.3) is 22.5 Å². The molecule has 0 aromatic heterocycles. The first-order valence-electron chi connectivity index (χ1n) is 11.1. The average molecular weight is 536 g/mol. The molecule has 1 aromatic rings. The summed E-state index contributed by atoms with van der Waals surface area (Å²) in [5, 5.41) is 5.67. The van der Waals surface area contributed by atoms with Crippen molar-refractivity contribution in [3.63, 3.8) is 0 Å². The van der Waals surface area contributed by atoms with Gasteiger partial charge in [0, 0.05) is 17.3 Å². The number of aromatic nitrogens is 2. The van der Waals surface area contributed by atoms with Crippen molar-refractivity contribution in [3.8, 4) is 28.3 Å². The number of benzene rings is 1. The number of aryl methyl sites for hydroxylation is 1. The van der Waals surface area contributed by atoms with Crippen LogP contribution in [0.15, 0.2) is 41.4 Å². The topological polar surface area (TPSA) is 81.4 Å². The SMILES string of the molecule is Cc1cc(-c2cc(S(=O)(=O)C(C(F)(F)F)C(F)(F)F)ccc2OC2CCCCC2)c2ccnc-2n1O. The van der Waals surface area contributed by atoms with Gasteiger partial charge in [-0.1, -0.05) is 6.42 Å². The molecule has 36 heavy (non-hydrogen) atoms. The van der Waals surface area contributed by atoms with Crippen LogP contribution in [-0.2, 0) is 9.84 Å². The van der Waals surface area contributed by atoms with Crippen LogP contribution in [0.2, 0.25) is 0 Å². The van der Waals surface area contributed by atoms with E-state index in [0.29, 0.717) is 24.5 Å². The smallest absolute Gasteiger partial charge is 0.414 e. The van der Waals surface area contributed by atoms with Gasteiger partial charge in [0.05, 0.1) is 16.7 Å². The largest absolute Gasteiger partial charge is 0.490 e. The van der Waals surface area contributed by atoms with E-state index in [1.165, 1.54) is 25.3 Å². The van der Waals surface area contributed by atoms with E-state index < -0.39 is 32.3 Å². The number of alkyl halides is 6. The highest BCUT2D eigenvalue weighted by atomic mass is 32.2. The normalized spacial score (nSPS) is 16.1. The second-order valence-electron chi connectivity index (χ2n) is 8.74. The summed E-state index contributed by atoms with van der Waals surface area (Å²) in [7, 11) is -5.93. The fourth-order valence-corrected chi connectivity index (χ4v) is 5.99. The molecular formula is C23H22F6N2O4S. The zero-order valence-corrected chi connectivity index (χ0v) is 19.7. The van der Waals surface area contributed by atoms with Gasteiger partial charge in [-0.05, 0) is 68.5 Å². The zero-order valence-electron chi connectivity index (χ0n) is 18.9. The fourth-order valence-electron chi connectivity index (χ4n) is 4.48. The van der Waals surface area contributed by atoms with Gasteiger partial charge in [0.25, 0.3) is 5.25 Å². The molecule has 0 radical (unpaired) electrons. The second-order valence-corrected chi connectivity index (χ2v) is 10.8. The summed E-state index contributed by atoms with van der Waals surface area (Å²) >= 11 is 0. The molecule has 4 rings (SSSR count). The molecule has 2 heterocycles. The quantitative estimate of drug-likeness (QED) is 0.311. The van der Waals surface area contributed by atoms with Crippen molar-refractivity contribution in [1.29, 1.82) is 0 Å². The Balaban J connectivity index is 1.92. The Bertz CT molecular complexity index is 1310. The number of hydrogen-bond donors (Lipinski definition) is 1. The standard InChI is InChI=1S/C23H22F6N2O4S/c1-13-11-17(16-9-10-30-20(16)31(13)32)18-12-15(7-8-19(18)35-14-5-3-2-4-6-14)36(33,34)21(22(24,25)26)23(27,28)29/h7-12,14,21,32H,2-6H2,1H3. The third-order valence-corrected chi connectivity index (χ3v) is 8.24. The van der Waals surface area contributed by atoms with Crippen molar-refractivity contribution >= 4 is 9.84 Å². The molecule has 13 heteroatoms. The molecule has 1 aromatic carbocycles. The molecule has 2 aliphatic heterocycles. The Hall–Kier alpha value is -2.96. The summed E-state index contributed by atoms with van der Waals surface area (Å²) in [4.78, 5) is 2.88. The average Bonchev–Trinajstić information content (AvgIpc) is 3.25. The van der Waals surface area contributed by atoms with E-state index in [9.17, 15) is 40.0 Å². The van der Waals surface area contributed by atoms with Crippen molar-refractivity contribution in [2.75, 3.05) is 0 Å². The lowest BCUT2D eigenvalue weighted by Crippen LogP contribution is -2.48. The molecule has 3 aliphatic rings. The number of halogens is 6. The van der Waals surface area contributed by atoms with Crippen LogP contribution in [0.3, 0.4) is 0 Å². The molecule has 0 spiro atoms. The first-order valence-corrected chi connectivity index (χ1v) is 12.6. The van der Waals surface area contributed by atoms with Gasteiger partial charge in [0.15, 0.2) is 15.7 Å². The van der Waals surface area contributed by atoms with Crippen molar-refractivity contribution in [3.05, 3.63) is 42.2 Å². The third-order valence-electron chi connectivity index (χ3n) is 6.18. The van der Waals surface area contributed by atoms with Gasteiger partial charge in [0.2, 0.25) is 0 Å². The van der Waals surface area contributed by atoms with E-state index >= 15 is 0 Å². The number of nitrogens with zero attached hydrogens (tertiary/aromatic N) is 2. The predicted molar refractivity (Wildman–Crippen MR) is 117 cm³/mol. The minimum atomic E-state index is -6.08. The number of rotatable bonds is 5. The number of fused-ring (bicyclic) bond motifs is 1. The van der Waals surface area contributed by atoms with Crippen molar-refractivity contribution < 1.29 is 44.7 Å². The van der Waals surface area contributed by atoms with E-state index in [4.69, 9.17) is 4.74 Å². The molecule has 1 aliphatic carbocycles. The second kappa shape index (κ2) is 9.16. The van der Waals surface area contributed by atoms with E-state index in [0.717, 1.165) is 36.1 Å². The Morgan fingerprint density at radius 2 is 1.61 bits per heavy atom. The monoisotopic (exact) mass is 536 g/mol. The maximum atomic E-state index is 13.3. The Morgan fingerprint density at radius 3 is 2.22 bits per heavy atom. The molecule has 0 atom stereocenters. The highest BCUT2D eigenvalue weighted by Crippen LogP contribution is 2.44. The summed E-state index contributed by atoms with van der Waals surface area (Å²) in [5.41, 5.74) is 0.765. The van der Waals surface area contributed by atoms with Crippen LogP contribution >= 0.6 is 0 Å². The Labute approximate surface area is 202 Å². The summed E-state index contributed by atoms with van der Waals surface area (Å²) in [6.07, 6.45) is -6.89. The molecule has 0 unspecified atom stereocenters. The summed E-state index contributed by atoms with van der Waals surface area (Å²) in [5.74, 6) is 0.180. The minimum absolute atomic E-state index is 0.0218. The lowest BCUT2D eigenvalue weighted by molar-refractivity contribution is -0.226. The molecule has 6 nitrogen and oxygen atoms in total. The van der Waals surface area contributed by atoms with Gasteiger partial charge in [0.1, 0.15) is 5.75 Å². The first kappa shape index (κ1) is 26.1. The van der Waals surface area contributed by atoms with Gasteiger partial charge >= 0.3 is 12.4 Å². The van der Waals surface area contributed by atoms with Gasteiger partial charge in [-0.2, -0.15) is 31.1 Å². The van der Waals surface area contributed by atoms with Crippen LogP contribution in [0, 0.1) is 6.92 Å². The van der Waals surface area contributed by atoms with E-state index in [-0.39, 0.29) is 34.5 Å². The molecule has 1 fully saturated rings. The summed E-state index contributed by atoms with van der Waals surface area (Å²) in [6.45, 7) is 1.50. The van der Waals surface area contributed by atoms with Crippen LogP contribution in [0.5, 0.6) is 5.75 Å². The van der Waals surface area contributed by atoms with Gasteiger partial charge < -0.3 is 9.94 Å². The van der Waals surface area contributed by atoms with Crippen molar-refractivity contribution in [2.45, 2.75) is 67.6 Å². The zero-order chi connectivity index (χ0) is 26.5. The number of hydrogen-bond acceptors (Lipinski definition) is 5. The molecule has 1 N–H and O–H groups in total. The Morgan fingerprint density at radius 1 is 0.972 bits per heavy atom. The number of ether oxygens (including phenoxy) is 1. The van der Waals surface area contributed by atoms with Crippen LogP contribution in [0.4, 0.5) is 26.3 Å². The van der Waals surface area contributed by atoms with E-state index in [2.05, 4.69) is 4.98 Å². The molecule has 196 valence electrons. The molecule has 0 saturated heterocycles. The minimum Gasteiger partial charge on any atom is -0.490 e. The summed E-state index contributed by atoms with van der Waals surface area (Å²) in [6, 6.07) is 5.45. The highest BCUT2D eigenvalue weighted by molar-refractivity contribution is 7.92. The van der Waals surface area contributed by atoms with E-state index in [1.54, 1.807) is 0 Å².